The lowest BCUT2D eigenvalue weighted by Gasteiger charge is -2.51. The maximum Gasteiger partial charge on any atom is 0.305 e. The summed E-state index contributed by atoms with van der Waals surface area (Å²) in [7, 11) is 0. The van der Waals surface area contributed by atoms with E-state index in [1.165, 1.54) is 6.42 Å². The van der Waals surface area contributed by atoms with E-state index in [0.717, 1.165) is 57.9 Å². The van der Waals surface area contributed by atoms with E-state index in [1.54, 1.807) is 0 Å². The molecular weight excluding hydrogens is 266 g/mol. The number of carbonyl (C=O) groups is 1. The van der Waals surface area contributed by atoms with E-state index < -0.39 is 5.97 Å². The van der Waals surface area contributed by atoms with Gasteiger partial charge in [-0.3, -0.25) is 9.69 Å². The predicted octanol–water partition coefficient (Wildman–Crippen LogP) is 3.16. The Bertz CT molecular complexity index is 353. The predicted molar refractivity (Wildman–Crippen MR) is 83.4 cm³/mol. The van der Waals surface area contributed by atoms with Crippen molar-refractivity contribution in [2.75, 3.05) is 26.3 Å². The lowest BCUT2D eigenvalue weighted by molar-refractivity contribution is -0.143. The van der Waals surface area contributed by atoms with Gasteiger partial charge in [-0.05, 0) is 37.0 Å². The molecule has 2 fully saturated rings. The van der Waals surface area contributed by atoms with Crippen molar-refractivity contribution >= 4 is 5.97 Å². The molecule has 0 atom stereocenters. The molecule has 0 radical (unpaired) electrons. The van der Waals surface area contributed by atoms with Gasteiger partial charge < -0.3 is 9.84 Å². The summed E-state index contributed by atoms with van der Waals surface area (Å²) in [5.74, 6) is 0.0696. The van der Waals surface area contributed by atoms with Crippen molar-refractivity contribution in [3.05, 3.63) is 0 Å². The number of carboxylic acid groups (broad SMARTS) is 1. The highest BCUT2D eigenvalue weighted by molar-refractivity contribution is 5.68. The zero-order valence-corrected chi connectivity index (χ0v) is 13.9. The lowest BCUT2D eigenvalue weighted by atomic mass is 9.64. The van der Waals surface area contributed by atoms with Crippen LogP contribution in [-0.2, 0) is 9.53 Å². The molecule has 0 aromatic carbocycles. The summed E-state index contributed by atoms with van der Waals surface area (Å²) in [6.45, 7) is 10.2. The van der Waals surface area contributed by atoms with Gasteiger partial charge in [-0.25, -0.2) is 0 Å². The molecule has 0 amide bonds. The third kappa shape index (κ3) is 3.78. The van der Waals surface area contributed by atoms with Crippen molar-refractivity contribution in [1.29, 1.82) is 0 Å². The first-order chi connectivity index (χ1) is 9.89. The van der Waals surface area contributed by atoms with Crippen molar-refractivity contribution in [3.8, 4) is 0 Å². The average molecular weight is 297 g/mol. The smallest absolute Gasteiger partial charge is 0.305 e. The van der Waals surface area contributed by atoms with Crippen LogP contribution in [0.1, 0.15) is 59.3 Å². The lowest BCUT2D eigenvalue weighted by Crippen LogP contribution is -2.56. The summed E-state index contributed by atoms with van der Waals surface area (Å²) >= 11 is 0. The maximum absolute atomic E-state index is 11.4. The van der Waals surface area contributed by atoms with Gasteiger partial charge in [0.2, 0.25) is 0 Å². The number of aliphatic carboxylic acids is 1. The van der Waals surface area contributed by atoms with Gasteiger partial charge in [-0.15, -0.1) is 0 Å². The minimum Gasteiger partial charge on any atom is -0.481 e. The molecule has 0 bridgehead atoms. The van der Waals surface area contributed by atoms with Crippen molar-refractivity contribution in [3.63, 3.8) is 0 Å². The van der Waals surface area contributed by atoms with Crippen LogP contribution in [0.2, 0.25) is 0 Å². The van der Waals surface area contributed by atoms with Gasteiger partial charge in [-0.2, -0.15) is 0 Å². The zero-order chi connectivity index (χ0) is 15.5. The first-order valence-corrected chi connectivity index (χ1v) is 8.44. The highest BCUT2D eigenvalue weighted by Crippen LogP contribution is 2.46. The SMILES string of the molecule is CCC(C)(C)C1CCC(CC(=O)O)(N2CCOCC2)CC1. The van der Waals surface area contributed by atoms with Crippen molar-refractivity contribution in [1.82, 2.24) is 4.90 Å². The Kier molecular flexibility index (Phi) is 5.31. The second kappa shape index (κ2) is 6.66. The van der Waals surface area contributed by atoms with Crippen LogP contribution >= 0.6 is 0 Å². The van der Waals surface area contributed by atoms with Gasteiger partial charge in [0, 0.05) is 18.6 Å². The van der Waals surface area contributed by atoms with E-state index in [4.69, 9.17) is 4.74 Å². The first-order valence-electron chi connectivity index (χ1n) is 8.44. The molecule has 1 aliphatic heterocycles. The van der Waals surface area contributed by atoms with Gasteiger partial charge in [0.25, 0.3) is 0 Å². The Hall–Kier alpha value is -0.610. The van der Waals surface area contributed by atoms with Gasteiger partial charge >= 0.3 is 5.97 Å². The van der Waals surface area contributed by atoms with E-state index in [2.05, 4.69) is 25.7 Å². The number of morpholine rings is 1. The number of rotatable bonds is 5. The molecular formula is C17H31NO3. The molecule has 1 heterocycles. The Labute approximate surface area is 128 Å². The van der Waals surface area contributed by atoms with E-state index >= 15 is 0 Å². The Balaban J connectivity index is 2.07. The zero-order valence-electron chi connectivity index (χ0n) is 13.9. The Morgan fingerprint density at radius 1 is 1.29 bits per heavy atom. The molecule has 0 spiro atoms. The van der Waals surface area contributed by atoms with Crippen LogP contribution in [0.3, 0.4) is 0 Å². The molecule has 1 saturated carbocycles. The molecule has 122 valence electrons. The number of ether oxygens (including phenoxy) is 1. The molecule has 21 heavy (non-hydrogen) atoms. The molecule has 1 N–H and O–H groups in total. The minimum atomic E-state index is -0.658. The fourth-order valence-corrected chi connectivity index (χ4v) is 4.15. The van der Waals surface area contributed by atoms with E-state index in [0.29, 0.717) is 5.41 Å². The molecule has 1 aliphatic carbocycles. The van der Waals surface area contributed by atoms with Gasteiger partial charge in [0.15, 0.2) is 0 Å². The molecule has 4 nitrogen and oxygen atoms in total. The van der Waals surface area contributed by atoms with Crippen LogP contribution in [0, 0.1) is 11.3 Å². The van der Waals surface area contributed by atoms with Crippen LogP contribution in [0.4, 0.5) is 0 Å². The molecule has 0 aromatic rings. The number of carboxylic acids is 1. The van der Waals surface area contributed by atoms with Crippen LogP contribution in [0.5, 0.6) is 0 Å². The Morgan fingerprint density at radius 2 is 1.86 bits per heavy atom. The van der Waals surface area contributed by atoms with E-state index in [9.17, 15) is 9.90 Å². The van der Waals surface area contributed by atoms with Crippen LogP contribution in [0.25, 0.3) is 0 Å². The molecule has 4 heteroatoms. The summed E-state index contributed by atoms with van der Waals surface area (Å²) in [5.41, 5.74) is 0.246. The fourth-order valence-electron chi connectivity index (χ4n) is 4.15. The summed E-state index contributed by atoms with van der Waals surface area (Å²) in [5, 5.41) is 9.38. The van der Waals surface area contributed by atoms with Gasteiger partial charge in [0.05, 0.1) is 19.6 Å². The topological polar surface area (TPSA) is 49.8 Å². The summed E-state index contributed by atoms with van der Waals surface area (Å²) < 4.78 is 5.44. The van der Waals surface area contributed by atoms with Crippen molar-refractivity contribution in [2.45, 2.75) is 64.8 Å². The highest BCUT2D eigenvalue weighted by atomic mass is 16.5. The quantitative estimate of drug-likeness (QED) is 0.847. The normalized spacial score (nSPS) is 32.0. The molecule has 2 aliphatic rings. The average Bonchev–Trinajstić information content (AvgIpc) is 2.48. The van der Waals surface area contributed by atoms with Crippen molar-refractivity contribution < 1.29 is 14.6 Å². The largest absolute Gasteiger partial charge is 0.481 e. The van der Waals surface area contributed by atoms with Crippen LogP contribution in [-0.4, -0.2) is 47.8 Å². The molecule has 0 aromatic heterocycles. The monoisotopic (exact) mass is 297 g/mol. The molecule has 0 unspecified atom stereocenters. The third-order valence-electron chi connectivity index (χ3n) is 6.09. The standard InChI is InChI=1S/C17H31NO3/c1-4-16(2,3)14-5-7-17(8-6-14,13-15(19)20)18-9-11-21-12-10-18/h14H,4-13H2,1-3H3,(H,19,20). The molecule has 2 rings (SSSR count). The van der Waals surface area contributed by atoms with Crippen LogP contribution < -0.4 is 0 Å². The fraction of sp³-hybridized carbons (Fsp3) is 0.941. The second-order valence-electron chi connectivity index (χ2n) is 7.51. The molecule has 1 saturated heterocycles. The van der Waals surface area contributed by atoms with Crippen molar-refractivity contribution in [2.24, 2.45) is 11.3 Å². The van der Waals surface area contributed by atoms with E-state index in [-0.39, 0.29) is 12.0 Å². The summed E-state index contributed by atoms with van der Waals surface area (Å²) in [4.78, 5) is 13.8. The second-order valence-corrected chi connectivity index (χ2v) is 7.51. The number of hydrogen-bond donors (Lipinski definition) is 1. The van der Waals surface area contributed by atoms with Gasteiger partial charge in [0.1, 0.15) is 0 Å². The summed E-state index contributed by atoms with van der Waals surface area (Å²) in [6.07, 6.45) is 5.84. The summed E-state index contributed by atoms with van der Waals surface area (Å²) in [6, 6.07) is 0. The highest BCUT2D eigenvalue weighted by Gasteiger charge is 2.44. The minimum absolute atomic E-state index is 0.129. The van der Waals surface area contributed by atoms with Crippen LogP contribution in [0.15, 0.2) is 0 Å². The first kappa shape index (κ1) is 16.8. The van der Waals surface area contributed by atoms with Gasteiger partial charge in [-0.1, -0.05) is 27.2 Å². The third-order valence-corrected chi connectivity index (χ3v) is 6.09. The Morgan fingerprint density at radius 3 is 2.33 bits per heavy atom. The number of hydrogen-bond acceptors (Lipinski definition) is 3. The number of nitrogens with zero attached hydrogens (tertiary/aromatic N) is 1. The van der Waals surface area contributed by atoms with E-state index in [1.807, 2.05) is 0 Å². The maximum atomic E-state index is 11.4.